The topological polar surface area (TPSA) is 59.8 Å². The molecule has 1 amide bonds. The van der Waals surface area contributed by atoms with Gasteiger partial charge in [-0.2, -0.15) is 0 Å². The van der Waals surface area contributed by atoms with Gasteiger partial charge in [0.2, 0.25) is 5.91 Å². The van der Waals surface area contributed by atoms with Gasteiger partial charge in [0.05, 0.1) is 10.9 Å². The first-order valence-corrected chi connectivity index (χ1v) is 10.4. The molecule has 0 bridgehead atoms. The van der Waals surface area contributed by atoms with Gasteiger partial charge in [-0.05, 0) is 43.0 Å². The average Bonchev–Trinajstić information content (AvgIpc) is 3.16. The number of nitrogens with zero attached hydrogens (tertiary/aromatic N) is 3. The summed E-state index contributed by atoms with van der Waals surface area (Å²) in [5.74, 6) is 0.227. The molecule has 3 rings (SSSR count). The lowest BCUT2D eigenvalue weighted by atomic mass is 10.0. The predicted molar refractivity (Wildman–Crippen MR) is 114 cm³/mol. The highest BCUT2D eigenvalue weighted by molar-refractivity contribution is 8.00. The molecule has 0 aliphatic rings. The maximum Gasteiger partial charge on any atom is 0.233 e. The van der Waals surface area contributed by atoms with E-state index < -0.39 is 0 Å². The summed E-state index contributed by atoms with van der Waals surface area (Å²) in [5, 5.41) is 12.2. The third kappa shape index (κ3) is 4.94. The lowest BCUT2D eigenvalue weighted by molar-refractivity contribution is -0.120. The number of aryl methyl sites for hydroxylation is 1. The Morgan fingerprint density at radius 3 is 2.68 bits per heavy atom. The van der Waals surface area contributed by atoms with Crippen molar-refractivity contribution in [1.82, 2.24) is 20.1 Å². The van der Waals surface area contributed by atoms with Crippen LogP contribution in [0, 0.1) is 6.92 Å². The largest absolute Gasteiger partial charge is 0.355 e. The van der Waals surface area contributed by atoms with E-state index in [4.69, 9.17) is 11.6 Å². The Morgan fingerprint density at radius 2 is 1.96 bits per heavy atom. The standard InChI is InChI=1S/C21H23ClN4OS/c1-14-9-10-18(11-19(14)22)26-13-24-25-21(26)28-16(3)20(27)23-12-15(2)17-7-5-4-6-8-17/h4-11,13,15-16H,12H2,1-3H3,(H,23,27). The third-order valence-electron chi connectivity index (χ3n) is 4.55. The molecule has 2 aromatic carbocycles. The fraction of sp³-hybridized carbons (Fsp3) is 0.286. The van der Waals surface area contributed by atoms with Crippen LogP contribution in [-0.4, -0.2) is 32.5 Å². The van der Waals surface area contributed by atoms with Crippen LogP contribution in [0.25, 0.3) is 5.69 Å². The van der Waals surface area contributed by atoms with Crippen LogP contribution in [0.2, 0.25) is 5.02 Å². The van der Waals surface area contributed by atoms with Crippen molar-refractivity contribution in [1.29, 1.82) is 0 Å². The minimum Gasteiger partial charge on any atom is -0.355 e. The van der Waals surface area contributed by atoms with Gasteiger partial charge >= 0.3 is 0 Å². The van der Waals surface area contributed by atoms with Crippen molar-refractivity contribution in [2.24, 2.45) is 0 Å². The van der Waals surface area contributed by atoms with Crippen molar-refractivity contribution in [3.63, 3.8) is 0 Å². The molecule has 0 fully saturated rings. The molecule has 7 heteroatoms. The number of hydrogen-bond acceptors (Lipinski definition) is 4. The number of amides is 1. The highest BCUT2D eigenvalue weighted by atomic mass is 35.5. The molecular weight excluding hydrogens is 392 g/mol. The smallest absolute Gasteiger partial charge is 0.233 e. The highest BCUT2D eigenvalue weighted by Gasteiger charge is 2.19. The number of carbonyl (C=O) groups is 1. The molecule has 2 unspecified atom stereocenters. The molecule has 0 saturated carbocycles. The SMILES string of the molecule is Cc1ccc(-n2cnnc2SC(C)C(=O)NCC(C)c2ccccc2)cc1Cl. The van der Waals surface area contributed by atoms with Crippen LogP contribution in [0.4, 0.5) is 0 Å². The molecular formula is C21H23ClN4OS. The van der Waals surface area contributed by atoms with Gasteiger partial charge in [-0.3, -0.25) is 9.36 Å². The van der Waals surface area contributed by atoms with E-state index in [0.717, 1.165) is 11.3 Å². The monoisotopic (exact) mass is 414 g/mol. The van der Waals surface area contributed by atoms with Gasteiger partial charge in [-0.15, -0.1) is 10.2 Å². The molecule has 5 nitrogen and oxygen atoms in total. The Labute approximate surface area is 174 Å². The van der Waals surface area contributed by atoms with Crippen molar-refractivity contribution in [3.8, 4) is 5.69 Å². The molecule has 3 aromatic rings. The zero-order valence-electron chi connectivity index (χ0n) is 16.1. The summed E-state index contributed by atoms with van der Waals surface area (Å²) >= 11 is 7.61. The van der Waals surface area contributed by atoms with Gasteiger partial charge in [0.1, 0.15) is 6.33 Å². The van der Waals surface area contributed by atoms with E-state index in [0.29, 0.717) is 16.7 Å². The zero-order valence-corrected chi connectivity index (χ0v) is 17.7. The van der Waals surface area contributed by atoms with Gasteiger partial charge in [-0.1, -0.05) is 66.7 Å². The van der Waals surface area contributed by atoms with Crippen LogP contribution in [0.3, 0.4) is 0 Å². The van der Waals surface area contributed by atoms with Crippen molar-refractivity contribution in [2.45, 2.75) is 37.1 Å². The minimum absolute atomic E-state index is 0.0238. The summed E-state index contributed by atoms with van der Waals surface area (Å²) in [6.45, 7) is 6.52. The molecule has 1 aromatic heterocycles. The summed E-state index contributed by atoms with van der Waals surface area (Å²) < 4.78 is 1.84. The van der Waals surface area contributed by atoms with Crippen molar-refractivity contribution in [2.75, 3.05) is 6.54 Å². The number of hydrogen-bond donors (Lipinski definition) is 1. The molecule has 0 saturated heterocycles. The normalized spacial score (nSPS) is 13.1. The number of benzene rings is 2. The van der Waals surface area contributed by atoms with E-state index in [2.05, 4.69) is 34.6 Å². The molecule has 2 atom stereocenters. The number of nitrogens with one attached hydrogen (secondary N) is 1. The minimum atomic E-state index is -0.299. The summed E-state index contributed by atoms with van der Waals surface area (Å²) in [6.07, 6.45) is 1.63. The van der Waals surface area contributed by atoms with Crippen LogP contribution in [0.5, 0.6) is 0 Å². The summed E-state index contributed by atoms with van der Waals surface area (Å²) in [5.41, 5.74) is 3.08. The summed E-state index contributed by atoms with van der Waals surface area (Å²) in [4.78, 5) is 12.5. The van der Waals surface area contributed by atoms with E-state index in [1.807, 2.05) is 54.8 Å². The molecule has 0 spiro atoms. The third-order valence-corrected chi connectivity index (χ3v) is 6.02. The summed E-state index contributed by atoms with van der Waals surface area (Å²) in [7, 11) is 0. The fourth-order valence-corrected chi connectivity index (χ4v) is 3.76. The molecule has 1 heterocycles. The number of aromatic nitrogens is 3. The van der Waals surface area contributed by atoms with Crippen LogP contribution in [0.1, 0.15) is 30.9 Å². The lowest BCUT2D eigenvalue weighted by Gasteiger charge is -2.16. The van der Waals surface area contributed by atoms with Crippen molar-refractivity contribution >= 4 is 29.3 Å². The van der Waals surface area contributed by atoms with E-state index in [1.165, 1.54) is 17.3 Å². The average molecular weight is 415 g/mol. The van der Waals surface area contributed by atoms with Gasteiger partial charge in [0, 0.05) is 11.6 Å². The van der Waals surface area contributed by atoms with Crippen molar-refractivity contribution in [3.05, 3.63) is 71.0 Å². The second-order valence-corrected chi connectivity index (χ2v) is 8.45. The molecule has 0 aliphatic heterocycles. The number of thioether (sulfide) groups is 1. The quantitative estimate of drug-likeness (QED) is 0.572. The Bertz CT molecular complexity index is 945. The van der Waals surface area contributed by atoms with Crippen LogP contribution in [-0.2, 0) is 4.79 Å². The molecule has 1 N–H and O–H groups in total. The Morgan fingerprint density at radius 1 is 1.21 bits per heavy atom. The molecule has 0 aliphatic carbocycles. The maximum atomic E-state index is 12.5. The van der Waals surface area contributed by atoms with Gasteiger partial charge in [-0.25, -0.2) is 0 Å². The maximum absolute atomic E-state index is 12.5. The molecule has 146 valence electrons. The molecule has 0 radical (unpaired) electrons. The Balaban J connectivity index is 1.62. The zero-order chi connectivity index (χ0) is 20.1. The second-order valence-electron chi connectivity index (χ2n) is 6.73. The van der Waals surface area contributed by atoms with Crippen LogP contribution >= 0.6 is 23.4 Å². The fourth-order valence-electron chi connectivity index (χ4n) is 2.72. The molecule has 28 heavy (non-hydrogen) atoms. The van der Waals surface area contributed by atoms with Crippen LogP contribution < -0.4 is 5.32 Å². The van der Waals surface area contributed by atoms with E-state index in [1.54, 1.807) is 6.33 Å². The highest BCUT2D eigenvalue weighted by Crippen LogP contribution is 2.26. The first kappa shape index (κ1) is 20.4. The Hall–Kier alpha value is -2.31. The predicted octanol–water partition coefficient (Wildman–Crippen LogP) is 4.63. The van der Waals surface area contributed by atoms with Crippen molar-refractivity contribution < 1.29 is 4.79 Å². The Kier molecular flexibility index (Phi) is 6.75. The summed E-state index contributed by atoms with van der Waals surface area (Å²) in [6, 6.07) is 15.9. The number of rotatable bonds is 7. The van der Waals surface area contributed by atoms with Gasteiger partial charge in [0.25, 0.3) is 0 Å². The van der Waals surface area contributed by atoms with Gasteiger partial charge in [0.15, 0.2) is 5.16 Å². The first-order chi connectivity index (χ1) is 13.5. The number of halogens is 1. The number of carbonyl (C=O) groups excluding carboxylic acids is 1. The van der Waals surface area contributed by atoms with Gasteiger partial charge < -0.3 is 5.32 Å². The first-order valence-electron chi connectivity index (χ1n) is 9.11. The van der Waals surface area contributed by atoms with E-state index in [-0.39, 0.29) is 17.1 Å². The second kappa shape index (κ2) is 9.26. The van der Waals surface area contributed by atoms with E-state index in [9.17, 15) is 4.79 Å². The van der Waals surface area contributed by atoms with Crippen LogP contribution in [0.15, 0.2) is 60.0 Å². The lowest BCUT2D eigenvalue weighted by Crippen LogP contribution is -2.33. The van der Waals surface area contributed by atoms with E-state index >= 15 is 0 Å².